The lowest BCUT2D eigenvalue weighted by Crippen LogP contribution is -2.46. The molecule has 11 heteroatoms. The van der Waals surface area contributed by atoms with Gasteiger partial charge in [0, 0.05) is 43.9 Å². The predicted octanol–water partition coefficient (Wildman–Crippen LogP) is 6.44. The van der Waals surface area contributed by atoms with Crippen LogP contribution in [-0.2, 0) is 23.9 Å². The zero-order valence-corrected chi connectivity index (χ0v) is 25.0. The van der Waals surface area contributed by atoms with Crippen molar-refractivity contribution in [1.29, 1.82) is 0 Å². The molecule has 0 bridgehead atoms. The van der Waals surface area contributed by atoms with Crippen molar-refractivity contribution in [2.75, 3.05) is 19.6 Å². The summed E-state index contributed by atoms with van der Waals surface area (Å²) in [4.78, 5) is 28.3. The van der Waals surface area contributed by atoms with Crippen molar-refractivity contribution in [3.8, 4) is 0 Å². The van der Waals surface area contributed by atoms with Gasteiger partial charge >= 0.3 is 12.1 Å². The quantitative estimate of drug-likeness (QED) is 0.160. The van der Waals surface area contributed by atoms with Crippen molar-refractivity contribution in [2.45, 2.75) is 64.9 Å². The Morgan fingerprint density at radius 3 is 2.16 bits per heavy atom. The molecule has 0 heterocycles. The van der Waals surface area contributed by atoms with Crippen LogP contribution in [0.15, 0.2) is 60.7 Å². The Labute approximate surface area is 254 Å². The first-order chi connectivity index (χ1) is 20.8. The van der Waals surface area contributed by atoms with E-state index in [1.54, 1.807) is 24.0 Å². The number of carbonyl (C=O) groups excluding carboxylic acids is 2. The number of ether oxygens (including phenoxy) is 1. The fourth-order valence-corrected chi connectivity index (χ4v) is 4.90. The van der Waals surface area contributed by atoms with Crippen LogP contribution in [0.2, 0.25) is 0 Å². The number of esters is 1. The lowest BCUT2D eigenvalue weighted by Gasteiger charge is -2.25. The summed E-state index contributed by atoms with van der Waals surface area (Å²) >= 11 is 0. The molecule has 3 N–H and O–H groups in total. The minimum atomic E-state index is -4.51. The van der Waals surface area contributed by atoms with Crippen molar-refractivity contribution in [1.82, 2.24) is 10.2 Å². The van der Waals surface area contributed by atoms with Gasteiger partial charge in [0.2, 0.25) is 0 Å². The number of hydrogen-bond donors (Lipinski definition) is 2. The van der Waals surface area contributed by atoms with Gasteiger partial charge in [0.15, 0.2) is 0 Å². The van der Waals surface area contributed by atoms with Crippen LogP contribution in [0.25, 0.3) is 0 Å². The van der Waals surface area contributed by atoms with Crippen LogP contribution in [0, 0.1) is 18.6 Å². The van der Waals surface area contributed by atoms with Gasteiger partial charge in [-0.2, -0.15) is 13.2 Å². The average Bonchev–Trinajstić information content (AvgIpc) is 2.95. The van der Waals surface area contributed by atoms with Crippen LogP contribution in [0.4, 0.5) is 22.0 Å². The average molecular weight is 620 g/mol. The summed E-state index contributed by atoms with van der Waals surface area (Å²) in [6.45, 7) is 6.75. The molecule has 0 aromatic heterocycles. The van der Waals surface area contributed by atoms with Gasteiger partial charge in [-0.1, -0.05) is 32.0 Å². The first-order valence-corrected chi connectivity index (χ1v) is 14.5. The Hall–Kier alpha value is -3.83. The summed E-state index contributed by atoms with van der Waals surface area (Å²) in [5, 5.41) is 2.98. The summed E-state index contributed by atoms with van der Waals surface area (Å²) in [5.74, 6) is -2.57. The zero-order valence-electron chi connectivity index (χ0n) is 25.0. The van der Waals surface area contributed by atoms with Crippen LogP contribution in [0.5, 0.6) is 0 Å². The number of halogens is 5. The summed E-state index contributed by atoms with van der Waals surface area (Å²) < 4.78 is 72.9. The Balaban J connectivity index is 1.82. The molecule has 44 heavy (non-hydrogen) atoms. The van der Waals surface area contributed by atoms with Crippen LogP contribution >= 0.6 is 0 Å². The number of aryl methyl sites for hydroxylation is 1. The van der Waals surface area contributed by atoms with E-state index in [0.29, 0.717) is 29.8 Å². The van der Waals surface area contributed by atoms with Crippen LogP contribution in [-0.4, -0.2) is 48.6 Å². The molecule has 0 aliphatic heterocycles. The SMILES string of the molecule is CCCN(CCC)C(=O)c1cc(C)cc(C(=O)O[C@H](CNCc2cccc(C(F)(F)F)c2)[C@@H](N)Cc2cc(F)cc(F)c2)c1. The predicted molar refractivity (Wildman–Crippen MR) is 158 cm³/mol. The Kier molecular flexibility index (Phi) is 12.4. The van der Waals surface area contributed by atoms with Gasteiger partial charge in [0.1, 0.15) is 17.7 Å². The zero-order chi connectivity index (χ0) is 32.4. The monoisotopic (exact) mass is 619 g/mol. The summed E-state index contributed by atoms with van der Waals surface area (Å²) in [6.07, 6.45) is -4.06. The van der Waals surface area contributed by atoms with E-state index >= 15 is 0 Å². The summed E-state index contributed by atoms with van der Waals surface area (Å²) in [6, 6.07) is 11.5. The standard InChI is InChI=1S/C33H38F5N3O3/c1-4-9-41(10-5-2)31(42)24-11-21(3)12-25(17-24)32(43)44-30(29(39)16-23-14-27(34)18-28(35)15-23)20-40-19-22-7-6-8-26(13-22)33(36,37)38/h6-8,11-15,17-18,29-30,40H,4-5,9-10,16,19-20,39H2,1-3H3/t29-,30+/m0/s1. The molecule has 238 valence electrons. The molecule has 3 aromatic carbocycles. The van der Waals surface area contributed by atoms with Gasteiger partial charge in [0.05, 0.1) is 11.1 Å². The van der Waals surface area contributed by atoms with E-state index in [1.165, 1.54) is 18.2 Å². The van der Waals surface area contributed by atoms with E-state index in [4.69, 9.17) is 10.5 Å². The molecule has 1 amide bonds. The van der Waals surface area contributed by atoms with E-state index < -0.39 is 41.5 Å². The second kappa shape index (κ2) is 15.8. The van der Waals surface area contributed by atoms with E-state index in [9.17, 15) is 31.5 Å². The number of nitrogens with zero attached hydrogens (tertiary/aromatic N) is 1. The number of amides is 1. The smallest absolute Gasteiger partial charge is 0.416 e. The largest absolute Gasteiger partial charge is 0.456 e. The van der Waals surface area contributed by atoms with Gasteiger partial charge in [-0.25, -0.2) is 13.6 Å². The maximum atomic E-state index is 13.8. The molecular formula is C33H38F5N3O3. The van der Waals surface area contributed by atoms with Crippen LogP contribution < -0.4 is 11.1 Å². The first-order valence-electron chi connectivity index (χ1n) is 14.5. The highest BCUT2D eigenvalue weighted by Crippen LogP contribution is 2.29. The second-order valence-corrected chi connectivity index (χ2v) is 10.8. The Morgan fingerprint density at radius 1 is 0.909 bits per heavy atom. The number of benzene rings is 3. The van der Waals surface area contributed by atoms with Gasteiger partial charge in [-0.3, -0.25) is 4.79 Å². The number of rotatable bonds is 14. The maximum Gasteiger partial charge on any atom is 0.416 e. The molecular weight excluding hydrogens is 581 g/mol. The number of nitrogens with one attached hydrogen (secondary N) is 1. The third-order valence-electron chi connectivity index (χ3n) is 6.89. The first kappa shape index (κ1) is 34.7. The van der Waals surface area contributed by atoms with E-state index in [-0.39, 0.29) is 36.5 Å². The van der Waals surface area contributed by atoms with E-state index in [2.05, 4.69) is 5.32 Å². The van der Waals surface area contributed by atoms with Crippen molar-refractivity contribution in [3.63, 3.8) is 0 Å². The molecule has 3 rings (SSSR count). The Morgan fingerprint density at radius 2 is 1.55 bits per heavy atom. The van der Waals surface area contributed by atoms with Crippen molar-refractivity contribution in [2.24, 2.45) is 5.73 Å². The summed E-state index contributed by atoms with van der Waals surface area (Å²) in [5.41, 5.74) is 7.27. The highest BCUT2D eigenvalue weighted by molar-refractivity contribution is 5.98. The summed E-state index contributed by atoms with van der Waals surface area (Å²) in [7, 11) is 0. The van der Waals surface area contributed by atoms with Crippen molar-refractivity contribution >= 4 is 11.9 Å². The lowest BCUT2D eigenvalue weighted by molar-refractivity contribution is -0.137. The molecule has 3 aromatic rings. The number of hydrogen-bond acceptors (Lipinski definition) is 5. The minimum absolute atomic E-state index is 0.00701. The molecule has 0 saturated heterocycles. The molecule has 6 nitrogen and oxygen atoms in total. The number of alkyl halides is 3. The van der Waals surface area contributed by atoms with Crippen molar-refractivity contribution in [3.05, 3.63) is 106 Å². The molecule has 0 fully saturated rings. The fraction of sp³-hybridized carbons (Fsp3) is 0.394. The normalized spacial score (nSPS) is 12.9. The van der Waals surface area contributed by atoms with E-state index in [0.717, 1.165) is 43.2 Å². The van der Waals surface area contributed by atoms with Crippen LogP contribution in [0.1, 0.15) is 69.7 Å². The highest BCUT2D eigenvalue weighted by atomic mass is 19.4. The topological polar surface area (TPSA) is 84.7 Å². The molecule has 0 aliphatic rings. The Bertz CT molecular complexity index is 1400. The molecule has 2 atom stereocenters. The maximum absolute atomic E-state index is 13.8. The number of nitrogens with two attached hydrogens (primary N) is 1. The second-order valence-electron chi connectivity index (χ2n) is 10.8. The molecule has 0 radical (unpaired) electrons. The van der Waals surface area contributed by atoms with Crippen molar-refractivity contribution < 1.29 is 36.3 Å². The molecule has 0 saturated carbocycles. The molecule has 0 spiro atoms. The molecule has 0 aliphatic carbocycles. The van der Waals surface area contributed by atoms with Gasteiger partial charge in [0.25, 0.3) is 5.91 Å². The minimum Gasteiger partial charge on any atom is -0.456 e. The van der Waals surface area contributed by atoms with Gasteiger partial charge in [-0.15, -0.1) is 0 Å². The van der Waals surface area contributed by atoms with Gasteiger partial charge in [-0.05, 0) is 79.3 Å². The lowest BCUT2D eigenvalue weighted by atomic mass is 10.0. The number of carbonyl (C=O) groups is 2. The molecule has 0 unspecified atom stereocenters. The van der Waals surface area contributed by atoms with Crippen LogP contribution in [0.3, 0.4) is 0 Å². The highest BCUT2D eigenvalue weighted by Gasteiger charge is 2.30. The van der Waals surface area contributed by atoms with Gasteiger partial charge < -0.3 is 20.7 Å². The van der Waals surface area contributed by atoms with E-state index in [1.807, 2.05) is 13.8 Å². The third-order valence-corrected chi connectivity index (χ3v) is 6.89. The fourth-order valence-electron chi connectivity index (χ4n) is 4.90. The third kappa shape index (κ3) is 10.1.